The highest BCUT2D eigenvalue weighted by atomic mass is 32.2. The number of carbonyl (C=O) groups is 3. The number of hydrogen-bond acceptors (Lipinski definition) is 6. The number of thioether (sulfide) groups is 1. The highest BCUT2D eigenvalue weighted by Crippen LogP contribution is 2.71. The number of esters is 1. The van der Waals surface area contributed by atoms with E-state index in [0.29, 0.717) is 32.4 Å². The molecule has 1 spiro atoms. The van der Waals surface area contributed by atoms with Gasteiger partial charge in [-0.3, -0.25) is 14.4 Å². The van der Waals surface area contributed by atoms with Gasteiger partial charge in [-0.1, -0.05) is 68.8 Å². The van der Waals surface area contributed by atoms with Gasteiger partial charge in [-0.15, -0.1) is 18.3 Å². The number of fused-ring (bicyclic) bond motifs is 1. The zero-order valence-electron chi connectivity index (χ0n) is 23.2. The Kier molecular flexibility index (Phi) is 9.27. The lowest BCUT2D eigenvalue weighted by Gasteiger charge is -2.39. The molecule has 0 aromatic heterocycles. The van der Waals surface area contributed by atoms with Crippen molar-refractivity contribution in [2.24, 2.45) is 11.8 Å². The molecular formula is C31H42N2O5S. The SMILES string of the molecule is C=CCOC(=O)[C@@H]1[C@H]2C(=O)N([C@@H](CO)Cc3ccccc3)C(C(=O)N(CC=C)CCCCC)C23CC[C@@]1(C)S3. The summed E-state index contributed by atoms with van der Waals surface area (Å²) in [6.07, 6.45) is 7.93. The van der Waals surface area contributed by atoms with Crippen LogP contribution in [-0.4, -0.2) is 80.6 Å². The average molecular weight is 555 g/mol. The minimum atomic E-state index is -0.776. The lowest BCUT2D eigenvalue weighted by atomic mass is 9.66. The second kappa shape index (κ2) is 12.3. The highest BCUT2D eigenvalue weighted by Gasteiger charge is 2.78. The molecule has 6 atom stereocenters. The van der Waals surface area contributed by atoms with Crippen LogP contribution < -0.4 is 0 Å². The summed E-state index contributed by atoms with van der Waals surface area (Å²) in [6.45, 7) is 12.4. The minimum Gasteiger partial charge on any atom is -0.461 e. The van der Waals surface area contributed by atoms with Crippen LogP contribution in [0.15, 0.2) is 55.6 Å². The Bertz CT molecular complexity index is 1080. The van der Waals surface area contributed by atoms with E-state index in [-0.39, 0.29) is 25.0 Å². The van der Waals surface area contributed by atoms with Crippen molar-refractivity contribution in [3.05, 3.63) is 61.2 Å². The van der Waals surface area contributed by atoms with Crippen LogP contribution in [0, 0.1) is 11.8 Å². The van der Waals surface area contributed by atoms with Crippen LogP contribution in [0.1, 0.15) is 51.5 Å². The molecule has 2 amide bonds. The predicted octanol–water partition coefficient (Wildman–Crippen LogP) is 4.01. The van der Waals surface area contributed by atoms with Gasteiger partial charge in [0.05, 0.1) is 29.2 Å². The van der Waals surface area contributed by atoms with E-state index in [1.165, 1.54) is 6.08 Å². The molecule has 3 heterocycles. The van der Waals surface area contributed by atoms with Gasteiger partial charge in [0, 0.05) is 17.8 Å². The van der Waals surface area contributed by atoms with E-state index in [4.69, 9.17) is 4.74 Å². The van der Waals surface area contributed by atoms with E-state index in [1.54, 1.807) is 27.6 Å². The van der Waals surface area contributed by atoms with Crippen molar-refractivity contribution in [2.45, 2.75) is 74.0 Å². The lowest BCUT2D eigenvalue weighted by molar-refractivity contribution is -0.155. The van der Waals surface area contributed by atoms with E-state index in [1.807, 2.05) is 37.3 Å². The van der Waals surface area contributed by atoms with Gasteiger partial charge in [0.1, 0.15) is 12.6 Å². The number of carbonyl (C=O) groups excluding carboxylic acids is 3. The Labute approximate surface area is 236 Å². The third-order valence-corrected chi connectivity index (χ3v) is 10.6. The second-order valence-electron chi connectivity index (χ2n) is 11.2. The highest BCUT2D eigenvalue weighted by molar-refractivity contribution is 8.02. The molecule has 4 rings (SSSR count). The first-order chi connectivity index (χ1) is 18.8. The van der Waals surface area contributed by atoms with Crippen LogP contribution in [0.4, 0.5) is 0 Å². The average Bonchev–Trinajstić information content (AvgIpc) is 3.51. The summed E-state index contributed by atoms with van der Waals surface area (Å²) in [4.78, 5) is 45.8. The number of nitrogens with zero attached hydrogens (tertiary/aromatic N) is 2. The van der Waals surface area contributed by atoms with Crippen LogP contribution in [0.5, 0.6) is 0 Å². The van der Waals surface area contributed by atoms with Gasteiger partial charge in [-0.25, -0.2) is 0 Å². The summed E-state index contributed by atoms with van der Waals surface area (Å²) in [5.74, 6) is -2.10. The molecule has 1 N–H and O–H groups in total. The number of ether oxygens (including phenoxy) is 1. The molecule has 1 aromatic carbocycles. The summed E-state index contributed by atoms with van der Waals surface area (Å²) in [5.41, 5.74) is 0.974. The molecule has 3 fully saturated rings. The van der Waals surface area contributed by atoms with Gasteiger partial charge in [0.15, 0.2) is 0 Å². The fourth-order valence-electron chi connectivity index (χ4n) is 6.93. The fourth-order valence-corrected chi connectivity index (χ4v) is 9.26. The van der Waals surface area contributed by atoms with E-state index in [0.717, 1.165) is 24.8 Å². The van der Waals surface area contributed by atoms with Crippen LogP contribution >= 0.6 is 11.8 Å². The standard InChI is InChI=1S/C31H42N2O5S/c1-5-8-12-18-32(17-6-2)28(36)26-31-16-15-30(4,39-31)25(29(37)38-19-7-3)24(31)27(35)33(26)23(21-34)20-22-13-10-9-11-14-22/h6-7,9-11,13-14,23-26,34H,2-3,5,8,12,15-21H2,1,4H3/t23-,24+,25+,26?,30-,31?/m1/s1. The largest absolute Gasteiger partial charge is 0.461 e. The molecule has 3 aliphatic heterocycles. The van der Waals surface area contributed by atoms with Crippen molar-refractivity contribution in [3.8, 4) is 0 Å². The van der Waals surface area contributed by atoms with Crippen LogP contribution in [-0.2, 0) is 25.5 Å². The first-order valence-corrected chi connectivity index (χ1v) is 14.9. The Morgan fingerprint density at radius 1 is 1.23 bits per heavy atom. The van der Waals surface area contributed by atoms with Crippen molar-refractivity contribution in [1.29, 1.82) is 0 Å². The van der Waals surface area contributed by atoms with Gasteiger partial charge in [-0.05, 0) is 38.2 Å². The van der Waals surface area contributed by atoms with Gasteiger partial charge in [-0.2, -0.15) is 0 Å². The van der Waals surface area contributed by atoms with Gasteiger partial charge in [0.25, 0.3) is 0 Å². The number of hydrogen-bond donors (Lipinski definition) is 1. The van der Waals surface area contributed by atoms with E-state index >= 15 is 0 Å². The summed E-state index contributed by atoms with van der Waals surface area (Å²) in [5, 5.41) is 10.6. The van der Waals surface area contributed by atoms with Gasteiger partial charge >= 0.3 is 5.97 Å². The third kappa shape index (κ3) is 5.30. The maximum Gasteiger partial charge on any atom is 0.311 e. The normalized spacial score (nSPS) is 29.7. The molecule has 0 radical (unpaired) electrons. The second-order valence-corrected chi connectivity index (χ2v) is 13.1. The number of rotatable bonds is 14. The van der Waals surface area contributed by atoms with Crippen molar-refractivity contribution < 1.29 is 24.2 Å². The molecule has 0 aliphatic carbocycles. The zero-order chi connectivity index (χ0) is 28.2. The molecule has 212 valence electrons. The summed E-state index contributed by atoms with van der Waals surface area (Å²) < 4.78 is 4.26. The van der Waals surface area contributed by atoms with E-state index in [9.17, 15) is 19.5 Å². The monoisotopic (exact) mass is 554 g/mol. The predicted molar refractivity (Wildman–Crippen MR) is 154 cm³/mol. The Morgan fingerprint density at radius 2 is 1.97 bits per heavy atom. The number of unbranched alkanes of at least 4 members (excludes halogenated alkanes) is 2. The lowest BCUT2D eigenvalue weighted by Crippen LogP contribution is -2.58. The maximum atomic E-state index is 14.5. The maximum absolute atomic E-state index is 14.5. The number of amides is 2. The fraction of sp³-hybridized carbons (Fsp3) is 0.581. The Balaban J connectivity index is 1.77. The van der Waals surface area contributed by atoms with E-state index < -0.39 is 39.4 Å². The van der Waals surface area contributed by atoms with Crippen LogP contribution in [0.25, 0.3) is 0 Å². The first-order valence-electron chi connectivity index (χ1n) is 14.1. The summed E-state index contributed by atoms with van der Waals surface area (Å²) in [7, 11) is 0. The molecule has 39 heavy (non-hydrogen) atoms. The molecule has 3 saturated heterocycles. The number of likely N-dealkylation sites (tertiary alicyclic amines) is 1. The summed E-state index contributed by atoms with van der Waals surface area (Å²) in [6, 6.07) is 8.33. The molecular weight excluding hydrogens is 512 g/mol. The quantitative estimate of drug-likeness (QED) is 0.213. The van der Waals surface area contributed by atoms with Crippen molar-refractivity contribution in [3.63, 3.8) is 0 Å². The summed E-state index contributed by atoms with van der Waals surface area (Å²) >= 11 is 1.62. The molecule has 3 aliphatic rings. The van der Waals surface area contributed by atoms with Gasteiger partial charge < -0.3 is 19.6 Å². The Hall–Kier alpha value is -2.58. The minimum absolute atomic E-state index is 0.0773. The number of aliphatic hydroxyl groups excluding tert-OH is 1. The number of aliphatic hydroxyl groups is 1. The number of benzene rings is 1. The molecule has 0 saturated carbocycles. The molecule has 7 nitrogen and oxygen atoms in total. The molecule has 1 aromatic rings. The Morgan fingerprint density at radius 3 is 2.62 bits per heavy atom. The topological polar surface area (TPSA) is 87.1 Å². The van der Waals surface area contributed by atoms with Crippen molar-refractivity contribution in [1.82, 2.24) is 9.80 Å². The van der Waals surface area contributed by atoms with E-state index in [2.05, 4.69) is 20.1 Å². The molecule has 2 bridgehead atoms. The van der Waals surface area contributed by atoms with Crippen LogP contribution in [0.3, 0.4) is 0 Å². The van der Waals surface area contributed by atoms with Gasteiger partial charge in [0.2, 0.25) is 11.8 Å². The third-order valence-electron chi connectivity index (χ3n) is 8.66. The molecule has 8 heteroatoms. The zero-order valence-corrected chi connectivity index (χ0v) is 24.0. The van der Waals surface area contributed by atoms with Crippen LogP contribution in [0.2, 0.25) is 0 Å². The first kappa shape index (κ1) is 29.4. The smallest absolute Gasteiger partial charge is 0.311 e. The van der Waals surface area contributed by atoms with Crippen molar-refractivity contribution in [2.75, 3.05) is 26.3 Å². The van der Waals surface area contributed by atoms with Crippen molar-refractivity contribution >= 4 is 29.5 Å². The molecule has 2 unspecified atom stereocenters.